The molecule has 0 bridgehead atoms. The Kier molecular flexibility index (Phi) is 4.90. The van der Waals surface area contributed by atoms with Crippen molar-refractivity contribution in [2.24, 2.45) is 0 Å². The van der Waals surface area contributed by atoms with E-state index in [2.05, 4.69) is 24.4 Å². The smallest absolute Gasteiger partial charge is 0.235 e. The van der Waals surface area contributed by atoms with Crippen molar-refractivity contribution in [1.82, 2.24) is 5.32 Å². The lowest BCUT2D eigenvalue weighted by Crippen LogP contribution is -2.44. The maximum Gasteiger partial charge on any atom is 0.235 e. The number of carbonyl (C=O) groups excluding carboxylic acids is 1. The Bertz CT molecular complexity index is 688. The molecule has 1 N–H and O–H groups in total. The van der Waals surface area contributed by atoms with Gasteiger partial charge in [0.05, 0.1) is 4.75 Å². The minimum atomic E-state index is -3.44. The van der Waals surface area contributed by atoms with Crippen molar-refractivity contribution in [2.75, 3.05) is 12.3 Å². The number of hydrogen-bond acceptors (Lipinski definition) is 3. The van der Waals surface area contributed by atoms with Gasteiger partial charge in [-0.25, -0.2) is 8.42 Å². The second-order valence-corrected chi connectivity index (χ2v) is 10.5. The quantitative estimate of drug-likeness (QED) is 0.918. The SMILES string of the molecule is CC(C)(C)S(=O)(=O)CC(=O)NC[C@@]1(C)CCCc2ccccc21. The van der Waals surface area contributed by atoms with Gasteiger partial charge in [0.2, 0.25) is 5.91 Å². The van der Waals surface area contributed by atoms with Crippen molar-refractivity contribution < 1.29 is 13.2 Å². The van der Waals surface area contributed by atoms with E-state index in [0.29, 0.717) is 6.54 Å². The zero-order chi connectivity index (χ0) is 17.3. The Labute approximate surface area is 139 Å². The molecule has 1 aliphatic carbocycles. The Morgan fingerprint density at radius 3 is 2.57 bits per heavy atom. The van der Waals surface area contributed by atoms with Gasteiger partial charge >= 0.3 is 0 Å². The van der Waals surface area contributed by atoms with Gasteiger partial charge in [-0.05, 0) is 51.2 Å². The molecule has 0 fully saturated rings. The number of carbonyl (C=O) groups is 1. The van der Waals surface area contributed by atoms with E-state index in [4.69, 9.17) is 0 Å². The monoisotopic (exact) mass is 337 g/mol. The van der Waals surface area contributed by atoms with Crippen LogP contribution in [0.2, 0.25) is 0 Å². The second-order valence-electron chi connectivity index (χ2n) is 7.72. The Morgan fingerprint density at radius 1 is 1.26 bits per heavy atom. The molecule has 0 saturated heterocycles. The molecule has 0 saturated carbocycles. The molecular formula is C18H27NO3S. The number of rotatable bonds is 4. The van der Waals surface area contributed by atoms with Crippen LogP contribution < -0.4 is 5.32 Å². The number of amides is 1. The highest BCUT2D eigenvalue weighted by atomic mass is 32.2. The van der Waals surface area contributed by atoms with Gasteiger partial charge < -0.3 is 5.32 Å². The zero-order valence-corrected chi connectivity index (χ0v) is 15.3. The maximum absolute atomic E-state index is 12.1. The molecule has 128 valence electrons. The second kappa shape index (κ2) is 6.27. The summed E-state index contributed by atoms with van der Waals surface area (Å²) in [6.07, 6.45) is 3.15. The first-order valence-corrected chi connectivity index (χ1v) is 9.78. The van der Waals surface area contributed by atoms with Crippen LogP contribution in [0.5, 0.6) is 0 Å². The zero-order valence-electron chi connectivity index (χ0n) is 14.5. The summed E-state index contributed by atoms with van der Waals surface area (Å²) in [6.45, 7) is 7.48. The first-order valence-electron chi connectivity index (χ1n) is 8.13. The third-order valence-electron chi connectivity index (χ3n) is 4.77. The van der Waals surface area contributed by atoms with Crippen LogP contribution >= 0.6 is 0 Å². The van der Waals surface area contributed by atoms with E-state index in [9.17, 15) is 13.2 Å². The van der Waals surface area contributed by atoms with Crippen LogP contribution in [-0.4, -0.2) is 31.4 Å². The molecule has 0 spiro atoms. The van der Waals surface area contributed by atoms with Crippen molar-refractivity contribution >= 4 is 15.7 Å². The van der Waals surface area contributed by atoms with E-state index in [1.54, 1.807) is 20.8 Å². The minimum absolute atomic E-state index is 0.129. The lowest BCUT2D eigenvalue weighted by Gasteiger charge is -2.36. The first-order chi connectivity index (χ1) is 10.6. The maximum atomic E-state index is 12.1. The van der Waals surface area contributed by atoms with Gasteiger partial charge in [0.25, 0.3) is 0 Å². The predicted molar refractivity (Wildman–Crippen MR) is 93.3 cm³/mol. The highest BCUT2D eigenvalue weighted by Gasteiger charge is 2.34. The van der Waals surface area contributed by atoms with Gasteiger partial charge in [-0.15, -0.1) is 0 Å². The summed E-state index contributed by atoms with van der Waals surface area (Å²) in [5.41, 5.74) is 2.47. The third kappa shape index (κ3) is 3.94. The molecule has 1 aliphatic rings. The number of aryl methyl sites for hydroxylation is 1. The molecule has 1 aromatic rings. The molecule has 0 heterocycles. The molecule has 1 amide bonds. The van der Waals surface area contributed by atoms with Crippen LogP contribution in [-0.2, 0) is 26.5 Å². The van der Waals surface area contributed by atoms with Crippen LogP contribution in [0.25, 0.3) is 0 Å². The van der Waals surface area contributed by atoms with Gasteiger partial charge in [-0.1, -0.05) is 31.2 Å². The molecule has 0 unspecified atom stereocenters. The predicted octanol–water partition coefficient (Wildman–Crippen LogP) is 2.61. The third-order valence-corrected chi connectivity index (χ3v) is 7.28. The summed E-state index contributed by atoms with van der Waals surface area (Å²) in [4.78, 5) is 12.1. The van der Waals surface area contributed by atoms with Crippen molar-refractivity contribution in [1.29, 1.82) is 0 Å². The Balaban J connectivity index is 2.06. The van der Waals surface area contributed by atoms with Gasteiger partial charge in [-0.2, -0.15) is 0 Å². The fourth-order valence-electron chi connectivity index (χ4n) is 3.05. The fourth-order valence-corrected chi connectivity index (χ4v) is 3.93. The highest BCUT2D eigenvalue weighted by molar-refractivity contribution is 7.93. The van der Waals surface area contributed by atoms with E-state index in [0.717, 1.165) is 19.3 Å². The van der Waals surface area contributed by atoms with Gasteiger partial charge in [0.15, 0.2) is 9.84 Å². The average Bonchev–Trinajstić information content (AvgIpc) is 2.44. The van der Waals surface area contributed by atoms with E-state index < -0.39 is 26.2 Å². The topological polar surface area (TPSA) is 63.2 Å². The van der Waals surface area contributed by atoms with Crippen LogP contribution in [0, 0.1) is 0 Å². The summed E-state index contributed by atoms with van der Waals surface area (Å²) in [5, 5.41) is 2.84. The van der Waals surface area contributed by atoms with E-state index >= 15 is 0 Å². The standard InChI is InChI=1S/C18H27NO3S/c1-17(2,3)23(21,22)12-16(20)19-13-18(4)11-7-9-14-8-5-6-10-15(14)18/h5-6,8,10H,7,9,11-13H2,1-4H3,(H,19,20)/t18-/m1/s1. The molecule has 0 aromatic heterocycles. The lowest BCUT2D eigenvalue weighted by atomic mass is 9.71. The normalized spacial score (nSPS) is 21.6. The summed E-state index contributed by atoms with van der Waals surface area (Å²) in [6, 6.07) is 8.32. The molecule has 1 atom stereocenters. The summed E-state index contributed by atoms with van der Waals surface area (Å²) in [7, 11) is -3.44. The molecule has 1 aromatic carbocycles. The van der Waals surface area contributed by atoms with Crippen molar-refractivity contribution in [3.8, 4) is 0 Å². The Morgan fingerprint density at radius 2 is 1.91 bits per heavy atom. The van der Waals surface area contributed by atoms with Crippen LogP contribution in [0.1, 0.15) is 51.7 Å². The molecule has 5 heteroatoms. The van der Waals surface area contributed by atoms with Crippen LogP contribution in [0.15, 0.2) is 24.3 Å². The first kappa shape index (κ1) is 18.0. The molecular weight excluding hydrogens is 310 g/mol. The molecule has 0 aliphatic heterocycles. The van der Waals surface area contributed by atoms with E-state index in [1.165, 1.54) is 11.1 Å². The molecule has 23 heavy (non-hydrogen) atoms. The van der Waals surface area contributed by atoms with Gasteiger partial charge in [0.1, 0.15) is 5.75 Å². The Hall–Kier alpha value is -1.36. The average molecular weight is 337 g/mol. The van der Waals surface area contributed by atoms with Crippen molar-refractivity contribution in [3.05, 3.63) is 35.4 Å². The lowest BCUT2D eigenvalue weighted by molar-refractivity contribution is -0.118. The number of benzene rings is 1. The molecule has 4 nitrogen and oxygen atoms in total. The number of nitrogens with one attached hydrogen (secondary N) is 1. The summed E-state index contributed by atoms with van der Waals surface area (Å²) in [5.74, 6) is -0.863. The highest BCUT2D eigenvalue weighted by Crippen LogP contribution is 2.36. The summed E-state index contributed by atoms with van der Waals surface area (Å²) < 4.78 is 23.4. The van der Waals surface area contributed by atoms with Gasteiger partial charge in [-0.3, -0.25) is 4.79 Å². The largest absolute Gasteiger partial charge is 0.354 e. The fraction of sp³-hybridized carbons (Fsp3) is 0.611. The van der Waals surface area contributed by atoms with E-state index in [1.807, 2.05) is 12.1 Å². The number of fused-ring (bicyclic) bond motifs is 1. The summed E-state index contributed by atoms with van der Waals surface area (Å²) >= 11 is 0. The molecule has 2 rings (SSSR count). The van der Waals surface area contributed by atoms with Crippen LogP contribution in [0.4, 0.5) is 0 Å². The van der Waals surface area contributed by atoms with Crippen molar-refractivity contribution in [3.63, 3.8) is 0 Å². The molecule has 0 radical (unpaired) electrons. The van der Waals surface area contributed by atoms with Gasteiger partial charge in [0, 0.05) is 12.0 Å². The minimum Gasteiger partial charge on any atom is -0.354 e. The van der Waals surface area contributed by atoms with Crippen molar-refractivity contribution in [2.45, 2.75) is 57.1 Å². The number of hydrogen-bond donors (Lipinski definition) is 1. The number of sulfone groups is 1. The van der Waals surface area contributed by atoms with Crippen LogP contribution in [0.3, 0.4) is 0 Å². The van der Waals surface area contributed by atoms with E-state index in [-0.39, 0.29) is 5.41 Å².